The molecule has 2 heterocycles. The fraction of sp³-hybridized carbons (Fsp3) is 0.429. The Kier molecular flexibility index (Phi) is 4.04. The molecule has 5 heteroatoms. The summed E-state index contributed by atoms with van der Waals surface area (Å²) >= 11 is 0. The molecular formula is C14H20N4O. The Bertz CT molecular complexity index is 472. The van der Waals surface area contributed by atoms with Gasteiger partial charge >= 0.3 is 6.03 Å². The predicted molar refractivity (Wildman–Crippen MR) is 76.1 cm³/mol. The Morgan fingerprint density at radius 3 is 3.00 bits per heavy atom. The number of amides is 2. The van der Waals surface area contributed by atoms with Crippen molar-refractivity contribution in [1.82, 2.24) is 14.8 Å². The van der Waals surface area contributed by atoms with Crippen LogP contribution in [0.2, 0.25) is 0 Å². The Balaban J connectivity index is 2.28. The molecule has 0 radical (unpaired) electrons. The van der Waals surface area contributed by atoms with Crippen molar-refractivity contribution in [3.8, 4) is 0 Å². The third-order valence-electron chi connectivity index (χ3n) is 3.17. The van der Waals surface area contributed by atoms with E-state index in [0.29, 0.717) is 13.1 Å². The molecule has 102 valence electrons. The summed E-state index contributed by atoms with van der Waals surface area (Å²) in [6, 6.07) is 3.98. The van der Waals surface area contributed by atoms with Gasteiger partial charge in [-0.1, -0.05) is 12.1 Å². The number of hydrogen-bond donors (Lipinski definition) is 0. The van der Waals surface area contributed by atoms with Crippen molar-refractivity contribution in [2.45, 2.75) is 6.54 Å². The number of aromatic nitrogens is 1. The van der Waals surface area contributed by atoms with E-state index in [9.17, 15) is 4.79 Å². The van der Waals surface area contributed by atoms with Crippen LogP contribution >= 0.6 is 0 Å². The number of fused-ring (bicyclic) bond motifs is 1. The standard InChI is InChI=1S/C14H20N4O/c1-4-8-17-9-10-18(14(19)16(2)3)11-12-6-5-7-15-13(12)17/h4-7H,1,8-11H2,2-3H3. The van der Waals surface area contributed by atoms with E-state index in [2.05, 4.69) is 16.5 Å². The maximum atomic E-state index is 12.1. The molecule has 0 N–H and O–H groups in total. The maximum Gasteiger partial charge on any atom is 0.319 e. The number of rotatable bonds is 2. The predicted octanol–water partition coefficient (Wildman–Crippen LogP) is 1.57. The number of nitrogens with zero attached hydrogens (tertiary/aromatic N) is 4. The first-order valence-electron chi connectivity index (χ1n) is 6.39. The number of urea groups is 1. The van der Waals surface area contributed by atoms with Gasteiger partial charge in [-0.25, -0.2) is 9.78 Å². The van der Waals surface area contributed by atoms with E-state index in [4.69, 9.17) is 0 Å². The molecule has 5 nitrogen and oxygen atoms in total. The second kappa shape index (κ2) is 5.73. The molecule has 1 aromatic heterocycles. The normalized spacial score (nSPS) is 14.6. The van der Waals surface area contributed by atoms with Crippen LogP contribution in [-0.4, -0.2) is 54.5 Å². The summed E-state index contributed by atoms with van der Waals surface area (Å²) in [4.78, 5) is 22.2. The number of hydrogen-bond acceptors (Lipinski definition) is 3. The second-order valence-electron chi connectivity index (χ2n) is 4.82. The van der Waals surface area contributed by atoms with Gasteiger partial charge < -0.3 is 14.7 Å². The number of carbonyl (C=O) groups is 1. The molecule has 1 aliphatic rings. The highest BCUT2D eigenvalue weighted by Gasteiger charge is 2.23. The van der Waals surface area contributed by atoms with E-state index >= 15 is 0 Å². The molecule has 1 aromatic rings. The molecule has 0 bridgehead atoms. The van der Waals surface area contributed by atoms with Gasteiger partial charge in [0.05, 0.1) is 6.54 Å². The minimum atomic E-state index is 0.0373. The van der Waals surface area contributed by atoms with Gasteiger partial charge in [-0.05, 0) is 6.07 Å². The fourth-order valence-electron chi connectivity index (χ4n) is 2.25. The van der Waals surface area contributed by atoms with E-state index < -0.39 is 0 Å². The highest BCUT2D eigenvalue weighted by Crippen LogP contribution is 2.22. The summed E-state index contributed by atoms with van der Waals surface area (Å²) in [5.41, 5.74) is 1.08. The van der Waals surface area contributed by atoms with Crippen LogP contribution in [0.1, 0.15) is 5.56 Å². The van der Waals surface area contributed by atoms with Gasteiger partial charge in [0.1, 0.15) is 5.82 Å². The lowest BCUT2D eigenvalue weighted by molar-refractivity contribution is 0.170. The Morgan fingerprint density at radius 2 is 2.32 bits per heavy atom. The first kappa shape index (κ1) is 13.4. The maximum absolute atomic E-state index is 12.1. The van der Waals surface area contributed by atoms with Crippen molar-refractivity contribution in [1.29, 1.82) is 0 Å². The van der Waals surface area contributed by atoms with Crippen LogP contribution in [0, 0.1) is 0 Å². The minimum absolute atomic E-state index is 0.0373. The molecule has 0 fully saturated rings. The lowest BCUT2D eigenvalue weighted by atomic mass is 10.2. The van der Waals surface area contributed by atoms with Gasteiger partial charge in [-0.2, -0.15) is 0 Å². The number of anilines is 1. The van der Waals surface area contributed by atoms with Crippen LogP contribution in [0.3, 0.4) is 0 Å². The molecule has 0 saturated carbocycles. The SMILES string of the molecule is C=CCN1CCN(C(=O)N(C)C)Cc2cccnc21. The summed E-state index contributed by atoms with van der Waals surface area (Å²) in [6.45, 7) is 6.60. The lowest BCUT2D eigenvalue weighted by Crippen LogP contribution is -2.41. The largest absolute Gasteiger partial charge is 0.351 e. The molecule has 0 atom stereocenters. The summed E-state index contributed by atoms with van der Waals surface area (Å²) in [5.74, 6) is 0.955. The third kappa shape index (κ3) is 2.86. The van der Waals surface area contributed by atoms with Crippen LogP contribution in [0.25, 0.3) is 0 Å². The van der Waals surface area contributed by atoms with E-state index in [1.807, 2.05) is 23.1 Å². The third-order valence-corrected chi connectivity index (χ3v) is 3.17. The van der Waals surface area contributed by atoms with E-state index in [1.54, 1.807) is 25.2 Å². The zero-order valence-corrected chi connectivity index (χ0v) is 11.5. The van der Waals surface area contributed by atoms with Crippen LogP contribution in [-0.2, 0) is 6.54 Å². The lowest BCUT2D eigenvalue weighted by Gasteiger charge is -2.25. The van der Waals surface area contributed by atoms with Crippen molar-refractivity contribution in [2.75, 3.05) is 38.6 Å². The Hall–Kier alpha value is -2.04. The molecule has 0 unspecified atom stereocenters. The van der Waals surface area contributed by atoms with Crippen molar-refractivity contribution < 1.29 is 4.79 Å². The van der Waals surface area contributed by atoms with Gasteiger partial charge in [0.15, 0.2) is 0 Å². The molecule has 0 saturated heterocycles. The van der Waals surface area contributed by atoms with Crippen molar-refractivity contribution in [3.05, 3.63) is 36.5 Å². The highest BCUT2D eigenvalue weighted by molar-refractivity contribution is 5.74. The molecule has 2 rings (SSSR count). The molecule has 0 aromatic carbocycles. The van der Waals surface area contributed by atoms with E-state index in [1.165, 1.54) is 0 Å². The molecule has 0 aliphatic carbocycles. The summed E-state index contributed by atoms with van der Waals surface area (Å²) in [6.07, 6.45) is 3.65. The van der Waals surface area contributed by atoms with Crippen molar-refractivity contribution in [2.24, 2.45) is 0 Å². The Morgan fingerprint density at radius 1 is 1.53 bits per heavy atom. The zero-order valence-electron chi connectivity index (χ0n) is 11.5. The van der Waals surface area contributed by atoms with Crippen molar-refractivity contribution >= 4 is 11.8 Å². The average molecular weight is 260 g/mol. The summed E-state index contributed by atoms with van der Waals surface area (Å²) < 4.78 is 0. The first-order chi connectivity index (χ1) is 9.13. The van der Waals surface area contributed by atoms with Gasteiger partial charge in [-0.15, -0.1) is 6.58 Å². The van der Waals surface area contributed by atoms with Crippen molar-refractivity contribution in [3.63, 3.8) is 0 Å². The zero-order chi connectivity index (χ0) is 13.8. The van der Waals surface area contributed by atoms with E-state index in [0.717, 1.165) is 24.5 Å². The second-order valence-corrected chi connectivity index (χ2v) is 4.82. The number of carbonyl (C=O) groups excluding carboxylic acids is 1. The average Bonchev–Trinajstić information content (AvgIpc) is 2.58. The van der Waals surface area contributed by atoms with Gasteiger partial charge in [-0.3, -0.25) is 0 Å². The molecule has 1 aliphatic heterocycles. The monoisotopic (exact) mass is 260 g/mol. The van der Waals surface area contributed by atoms with Gasteiger partial charge in [0.2, 0.25) is 0 Å². The number of pyridine rings is 1. The first-order valence-corrected chi connectivity index (χ1v) is 6.39. The smallest absolute Gasteiger partial charge is 0.319 e. The van der Waals surface area contributed by atoms with Gasteiger partial charge in [0.25, 0.3) is 0 Å². The summed E-state index contributed by atoms with van der Waals surface area (Å²) in [7, 11) is 3.55. The van der Waals surface area contributed by atoms with Crippen LogP contribution in [0.15, 0.2) is 31.0 Å². The Labute approximate surface area is 114 Å². The molecule has 19 heavy (non-hydrogen) atoms. The van der Waals surface area contributed by atoms with E-state index in [-0.39, 0.29) is 6.03 Å². The molecule has 0 spiro atoms. The fourth-order valence-corrected chi connectivity index (χ4v) is 2.25. The summed E-state index contributed by atoms with van der Waals surface area (Å²) in [5, 5.41) is 0. The van der Waals surface area contributed by atoms with Crippen LogP contribution in [0.4, 0.5) is 10.6 Å². The van der Waals surface area contributed by atoms with Gasteiger partial charge in [0, 0.05) is 45.5 Å². The quantitative estimate of drug-likeness (QED) is 0.758. The molecule has 2 amide bonds. The minimum Gasteiger partial charge on any atom is -0.351 e. The van der Waals surface area contributed by atoms with Crippen LogP contribution in [0.5, 0.6) is 0 Å². The molecular weight excluding hydrogens is 240 g/mol. The topological polar surface area (TPSA) is 39.7 Å². The highest BCUT2D eigenvalue weighted by atomic mass is 16.2. The van der Waals surface area contributed by atoms with Crippen LogP contribution < -0.4 is 4.90 Å².